The number of aliphatic hydroxyl groups is 3. The molecule has 0 amide bonds. The second-order valence-electron chi connectivity index (χ2n) is 10.7. The third-order valence-corrected chi connectivity index (χ3v) is 8.21. The van der Waals surface area contributed by atoms with Gasteiger partial charge in [-0.2, -0.15) is 0 Å². The fourth-order valence-electron chi connectivity index (χ4n) is 5.20. The molecule has 5 N–H and O–H groups in total. The Hall–Kier alpha value is -0.730. The van der Waals surface area contributed by atoms with Crippen LogP contribution in [0.25, 0.3) is 0 Å². The second-order valence-corrected chi connectivity index (χ2v) is 10.7. The highest BCUT2D eigenvalue weighted by atomic mass is 16.6. The van der Waals surface area contributed by atoms with Crippen LogP contribution in [0.5, 0.6) is 0 Å². The van der Waals surface area contributed by atoms with E-state index < -0.39 is 41.3 Å². The molecule has 184 valence electrons. The highest BCUT2D eigenvalue weighted by Gasteiger charge is 2.46. The molecule has 0 aromatic carbocycles. The Kier molecular flexibility index (Phi) is 9.98. The van der Waals surface area contributed by atoms with E-state index in [9.17, 15) is 20.1 Å². The van der Waals surface area contributed by atoms with Gasteiger partial charge in [-0.3, -0.25) is 9.69 Å². The molecule has 0 unspecified atom stereocenters. The van der Waals surface area contributed by atoms with Crippen molar-refractivity contribution in [2.24, 2.45) is 35.3 Å². The molecule has 0 spiro atoms. The molecule has 7 nitrogen and oxygen atoms in total. The molecule has 1 aliphatic rings. The molecular weight excluding hydrogens is 396 g/mol. The maximum atomic E-state index is 13.0. The zero-order valence-corrected chi connectivity index (χ0v) is 21.1. The second kappa shape index (κ2) is 10.9. The smallest absolute Gasteiger partial charge is 0.309 e. The van der Waals surface area contributed by atoms with Gasteiger partial charge in [0.25, 0.3) is 0 Å². The molecule has 0 saturated carbocycles. The summed E-state index contributed by atoms with van der Waals surface area (Å²) in [6.07, 6.45) is -1.07. The van der Waals surface area contributed by atoms with Crippen LogP contribution in [0, 0.1) is 29.6 Å². The van der Waals surface area contributed by atoms with E-state index in [2.05, 4.69) is 13.8 Å². The van der Waals surface area contributed by atoms with Crippen molar-refractivity contribution < 1.29 is 24.9 Å². The molecule has 7 heteroatoms. The van der Waals surface area contributed by atoms with E-state index >= 15 is 0 Å². The summed E-state index contributed by atoms with van der Waals surface area (Å²) in [6, 6.07) is -0.460. The quantitative estimate of drug-likeness (QED) is 0.483. The molecule has 0 bridgehead atoms. The highest BCUT2D eigenvalue weighted by molar-refractivity contribution is 5.72. The number of cyclic esters (lactones) is 1. The van der Waals surface area contributed by atoms with Gasteiger partial charge in [-0.1, -0.05) is 41.5 Å². The first-order valence-corrected chi connectivity index (χ1v) is 11.9. The van der Waals surface area contributed by atoms with Crippen LogP contribution in [0.4, 0.5) is 0 Å². The van der Waals surface area contributed by atoms with Crippen molar-refractivity contribution in [2.75, 3.05) is 13.2 Å². The van der Waals surface area contributed by atoms with Gasteiger partial charge in [0.15, 0.2) is 0 Å². The minimum Gasteiger partial charge on any atom is -0.459 e. The Morgan fingerprint density at radius 2 is 1.65 bits per heavy atom. The number of hydrogen-bond donors (Lipinski definition) is 4. The van der Waals surface area contributed by atoms with Crippen LogP contribution in [-0.4, -0.2) is 68.9 Å². The van der Waals surface area contributed by atoms with Gasteiger partial charge in [-0.15, -0.1) is 0 Å². The van der Waals surface area contributed by atoms with Crippen LogP contribution >= 0.6 is 0 Å². The first kappa shape index (κ1) is 28.3. The molecule has 1 rings (SSSR count). The van der Waals surface area contributed by atoms with Crippen molar-refractivity contribution in [1.82, 2.24) is 4.90 Å². The lowest BCUT2D eigenvalue weighted by Gasteiger charge is -2.42. The Labute approximate surface area is 189 Å². The lowest BCUT2D eigenvalue weighted by Crippen LogP contribution is -2.60. The predicted octanol–water partition coefficient (Wildman–Crippen LogP) is 2.36. The van der Waals surface area contributed by atoms with Crippen molar-refractivity contribution in [3.8, 4) is 0 Å². The SMILES string of the molecule is CC[C@H]1OC(=O)[C@H](C)[C@@H](C)[C@H](C)[C@@H](C)[C@](C)(O)C[C@@H](C)CN(CN)[C@H](C)[C@@H](O)[C@]1(C)O. The van der Waals surface area contributed by atoms with Gasteiger partial charge < -0.3 is 25.8 Å². The average molecular weight is 445 g/mol. The van der Waals surface area contributed by atoms with E-state index in [1.54, 1.807) is 0 Å². The van der Waals surface area contributed by atoms with E-state index in [0.717, 1.165) is 0 Å². The summed E-state index contributed by atoms with van der Waals surface area (Å²) in [4.78, 5) is 14.9. The summed E-state index contributed by atoms with van der Waals surface area (Å²) in [7, 11) is 0. The van der Waals surface area contributed by atoms with Crippen LogP contribution < -0.4 is 5.73 Å². The predicted molar refractivity (Wildman–Crippen MR) is 123 cm³/mol. The molecule has 0 radical (unpaired) electrons. The number of carbonyl (C=O) groups is 1. The van der Waals surface area contributed by atoms with Gasteiger partial charge in [0.1, 0.15) is 17.8 Å². The van der Waals surface area contributed by atoms with E-state index in [1.807, 2.05) is 46.4 Å². The van der Waals surface area contributed by atoms with E-state index in [4.69, 9.17) is 10.5 Å². The average Bonchev–Trinajstić information content (AvgIpc) is 2.70. The van der Waals surface area contributed by atoms with Gasteiger partial charge in [0, 0.05) is 19.3 Å². The van der Waals surface area contributed by atoms with Gasteiger partial charge in [-0.25, -0.2) is 0 Å². The maximum Gasteiger partial charge on any atom is 0.309 e. The fraction of sp³-hybridized carbons (Fsp3) is 0.958. The van der Waals surface area contributed by atoms with E-state index in [0.29, 0.717) is 19.4 Å². The molecule has 0 aromatic heterocycles. The number of nitrogens with two attached hydrogens (primary N) is 1. The molecule has 1 saturated heterocycles. The molecule has 10 atom stereocenters. The standard InChI is InChI=1S/C24H48N2O5/c1-10-20-24(9,30)21(27)19(7)26(13-25)12-14(2)11-23(8,29)18(6)16(4)15(3)17(5)22(28)31-20/h14-21,27,29-30H,10-13,25H2,1-9H3/t14-,15+,16+,17-,18-,19-,20-,21-,23-,24-/m1/s1. The molecule has 0 aliphatic carbocycles. The van der Waals surface area contributed by atoms with Crippen molar-refractivity contribution in [2.45, 2.75) is 105 Å². The summed E-state index contributed by atoms with van der Waals surface area (Å²) in [5.41, 5.74) is 3.44. The molecule has 31 heavy (non-hydrogen) atoms. The number of nitrogens with zero attached hydrogens (tertiary/aromatic N) is 1. The van der Waals surface area contributed by atoms with E-state index in [-0.39, 0.29) is 30.3 Å². The fourth-order valence-corrected chi connectivity index (χ4v) is 5.20. The Morgan fingerprint density at radius 3 is 2.13 bits per heavy atom. The maximum absolute atomic E-state index is 13.0. The van der Waals surface area contributed by atoms with Gasteiger partial charge in [0.2, 0.25) is 0 Å². The van der Waals surface area contributed by atoms with Crippen molar-refractivity contribution in [1.29, 1.82) is 0 Å². The third kappa shape index (κ3) is 6.41. The number of carbonyl (C=O) groups excluding carboxylic acids is 1. The topological polar surface area (TPSA) is 116 Å². The largest absolute Gasteiger partial charge is 0.459 e. The third-order valence-electron chi connectivity index (χ3n) is 8.21. The molecule has 1 fully saturated rings. The zero-order chi connectivity index (χ0) is 24.3. The van der Waals surface area contributed by atoms with Gasteiger partial charge in [0.05, 0.1) is 11.5 Å². The first-order chi connectivity index (χ1) is 14.1. The summed E-state index contributed by atoms with van der Waals surface area (Å²) >= 11 is 0. The molecule has 0 aromatic rings. The van der Waals surface area contributed by atoms with Crippen LogP contribution in [0.3, 0.4) is 0 Å². The lowest BCUT2D eigenvalue weighted by molar-refractivity contribution is -0.191. The van der Waals surface area contributed by atoms with Crippen LogP contribution in [0.1, 0.15) is 75.2 Å². The van der Waals surface area contributed by atoms with Gasteiger partial charge >= 0.3 is 5.97 Å². The van der Waals surface area contributed by atoms with Crippen LogP contribution in [0.2, 0.25) is 0 Å². The number of esters is 1. The number of rotatable bonds is 2. The normalized spacial score (nSPS) is 47.3. The highest BCUT2D eigenvalue weighted by Crippen LogP contribution is 2.38. The molecule has 1 aliphatic heterocycles. The van der Waals surface area contributed by atoms with Crippen molar-refractivity contribution in [3.63, 3.8) is 0 Å². The zero-order valence-electron chi connectivity index (χ0n) is 21.1. The monoisotopic (exact) mass is 444 g/mol. The first-order valence-electron chi connectivity index (χ1n) is 11.9. The minimum atomic E-state index is -1.63. The molecule has 1 heterocycles. The van der Waals surface area contributed by atoms with Crippen molar-refractivity contribution in [3.05, 3.63) is 0 Å². The van der Waals surface area contributed by atoms with Gasteiger partial charge in [-0.05, 0) is 57.3 Å². The van der Waals surface area contributed by atoms with Crippen LogP contribution in [-0.2, 0) is 9.53 Å². The summed E-state index contributed by atoms with van der Waals surface area (Å²) in [6.45, 7) is 17.8. The summed E-state index contributed by atoms with van der Waals surface area (Å²) < 4.78 is 5.76. The molecular formula is C24H48N2O5. The van der Waals surface area contributed by atoms with Crippen molar-refractivity contribution >= 4 is 5.97 Å². The number of ether oxygens (including phenoxy) is 1. The number of aliphatic hydroxyl groups excluding tert-OH is 1. The minimum absolute atomic E-state index is 0.0266. The van der Waals surface area contributed by atoms with Crippen LogP contribution in [0.15, 0.2) is 0 Å². The van der Waals surface area contributed by atoms with E-state index in [1.165, 1.54) is 6.92 Å². The summed E-state index contributed by atoms with van der Waals surface area (Å²) in [5.74, 6) is -0.671. The Morgan fingerprint density at radius 1 is 1.10 bits per heavy atom. The summed E-state index contributed by atoms with van der Waals surface area (Å²) in [5, 5.41) is 33.6. The Bertz CT molecular complexity index is 582. The number of hydrogen-bond acceptors (Lipinski definition) is 7. The Balaban J connectivity index is 3.41. The lowest BCUT2D eigenvalue weighted by atomic mass is 9.70.